The number of halogens is 24. The van der Waals surface area contributed by atoms with Gasteiger partial charge in [0, 0.05) is 0 Å². The molecule has 216 valence electrons. The predicted octanol–water partition coefficient (Wildman–Crippen LogP) is 8.34. The maximum absolute atomic E-state index is 14.1. The van der Waals surface area contributed by atoms with Crippen LogP contribution in [0.3, 0.4) is 0 Å². The van der Waals surface area contributed by atoms with E-state index in [9.17, 15) is 105 Å². The van der Waals surface area contributed by atoms with Gasteiger partial charge in [0.25, 0.3) is 0 Å². The summed E-state index contributed by atoms with van der Waals surface area (Å²) in [7, 11) is 0. The lowest BCUT2D eigenvalue weighted by atomic mass is 9.74. The van der Waals surface area contributed by atoms with Gasteiger partial charge in [-0.15, -0.1) is 0 Å². The molecule has 24 heteroatoms. The van der Waals surface area contributed by atoms with E-state index in [1.807, 2.05) is 0 Å². The number of alkyl halides is 24. The molecule has 0 nitrogen and oxygen atoms in total. The Labute approximate surface area is 178 Å². The molecule has 0 spiro atoms. The van der Waals surface area contributed by atoms with Crippen LogP contribution in [0, 0.1) is 0 Å². The Kier molecular flexibility index (Phi) is 7.83. The average molecular weight is 600 g/mol. The van der Waals surface area contributed by atoms with E-state index < -0.39 is 71.4 Å². The molecule has 0 bridgehead atoms. The van der Waals surface area contributed by atoms with E-state index in [-0.39, 0.29) is 0 Å². The molecule has 0 aliphatic carbocycles. The molecule has 0 aromatic carbocycles. The number of hydrogen-bond acceptors (Lipinski definition) is 0. The summed E-state index contributed by atoms with van der Waals surface area (Å²) in [5.41, 5.74) is -31.4. The van der Waals surface area contributed by atoms with E-state index >= 15 is 0 Å². The quantitative estimate of drug-likeness (QED) is 0.225. The molecule has 0 saturated carbocycles. The molecule has 1 atom stereocenters. The van der Waals surface area contributed by atoms with E-state index in [1.165, 1.54) is 0 Å². The summed E-state index contributed by atoms with van der Waals surface area (Å²) in [6.07, 6.45) is -51.0. The monoisotopic (exact) mass is 600 g/mol. The van der Waals surface area contributed by atoms with Crippen molar-refractivity contribution < 1.29 is 105 Å². The molecule has 0 radical (unpaired) electrons. The zero-order valence-electron chi connectivity index (χ0n) is 15.1. The zero-order valence-corrected chi connectivity index (χ0v) is 15.1. The number of allylic oxidation sites excluding steroid dienone is 2. The first-order chi connectivity index (χ1) is 15.0. The number of rotatable bonds is 4. The standard InChI is InChI=1S/C12F24/c13-3(14,1(4(15,16)17)2(5(18,19)20)6(21,22)23)9(26,27)7(24,10(28,29)30)8(25,11(31,32)33)12(34,35)36. The maximum atomic E-state index is 14.1. The van der Waals surface area contributed by atoms with Crippen LogP contribution >= 0.6 is 0 Å². The van der Waals surface area contributed by atoms with Crippen molar-refractivity contribution in [2.45, 2.75) is 60.2 Å². The van der Waals surface area contributed by atoms with Gasteiger partial charge in [0.15, 0.2) is 5.57 Å². The summed E-state index contributed by atoms with van der Waals surface area (Å²) in [5.74, 6) is -19.0. The molecule has 0 fully saturated rings. The second kappa shape index (κ2) is 8.28. The minimum atomic E-state index is -9.74. The van der Waals surface area contributed by atoms with Crippen molar-refractivity contribution in [1.29, 1.82) is 0 Å². The van der Waals surface area contributed by atoms with Crippen molar-refractivity contribution in [1.82, 2.24) is 0 Å². The van der Waals surface area contributed by atoms with Crippen LogP contribution < -0.4 is 0 Å². The van der Waals surface area contributed by atoms with E-state index in [4.69, 9.17) is 0 Å². The Morgan fingerprint density at radius 1 is 0.278 bits per heavy atom. The Morgan fingerprint density at radius 3 is 0.667 bits per heavy atom. The zero-order chi connectivity index (χ0) is 30.2. The molecule has 1 unspecified atom stereocenters. The first-order valence-corrected chi connectivity index (χ1v) is 7.29. The first kappa shape index (κ1) is 34.1. The van der Waals surface area contributed by atoms with Gasteiger partial charge in [0.1, 0.15) is 5.57 Å². The van der Waals surface area contributed by atoms with Crippen LogP contribution in [-0.2, 0) is 0 Å². The molecule has 0 saturated heterocycles. The molecule has 0 N–H and O–H groups in total. The molecule has 0 aliphatic heterocycles. The fourth-order valence-electron chi connectivity index (χ4n) is 2.44. The van der Waals surface area contributed by atoms with Crippen LogP contribution in [0.25, 0.3) is 0 Å². The van der Waals surface area contributed by atoms with Crippen LogP contribution in [0.15, 0.2) is 11.1 Å². The van der Waals surface area contributed by atoms with Gasteiger partial charge in [-0.25, -0.2) is 8.78 Å². The number of hydrogen-bond donors (Lipinski definition) is 0. The molecule has 0 aromatic heterocycles. The first-order valence-electron chi connectivity index (χ1n) is 7.29. The maximum Gasteiger partial charge on any atom is 0.435 e. The molecule has 0 amide bonds. The van der Waals surface area contributed by atoms with Gasteiger partial charge in [-0.2, -0.15) is 96.6 Å². The molecule has 0 aromatic rings. The second-order valence-electron chi connectivity index (χ2n) is 6.20. The highest BCUT2D eigenvalue weighted by molar-refractivity contribution is 5.38. The second-order valence-corrected chi connectivity index (χ2v) is 6.20. The van der Waals surface area contributed by atoms with Crippen LogP contribution in [0.5, 0.6) is 0 Å². The fraction of sp³-hybridized carbons (Fsp3) is 0.833. The van der Waals surface area contributed by atoms with Crippen molar-refractivity contribution in [3.8, 4) is 0 Å². The van der Waals surface area contributed by atoms with Crippen LogP contribution in [-0.4, -0.2) is 60.2 Å². The van der Waals surface area contributed by atoms with Crippen molar-refractivity contribution in [2.75, 3.05) is 0 Å². The van der Waals surface area contributed by atoms with Gasteiger partial charge in [-0.3, -0.25) is 0 Å². The minimum Gasteiger partial charge on any atom is -0.222 e. The summed E-state index contributed by atoms with van der Waals surface area (Å²) in [4.78, 5) is 0. The summed E-state index contributed by atoms with van der Waals surface area (Å²) < 4.78 is 309. The lowest BCUT2D eigenvalue weighted by Crippen LogP contribution is -2.80. The third-order valence-electron chi connectivity index (χ3n) is 3.89. The van der Waals surface area contributed by atoms with Crippen molar-refractivity contribution >= 4 is 0 Å². The van der Waals surface area contributed by atoms with Gasteiger partial charge >= 0.3 is 60.2 Å². The van der Waals surface area contributed by atoms with E-state index in [1.54, 1.807) is 0 Å². The molecule has 0 heterocycles. The normalized spacial score (nSPS) is 17.7. The van der Waals surface area contributed by atoms with E-state index in [2.05, 4.69) is 0 Å². The highest BCUT2D eigenvalue weighted by atomic mass is 19.4. The topological polar surface area (TPSA) is 0 Å². The van der Waals surface area contributed by atoms with Gasteiger partial charge in [0.05, 0.1) is 0 Å². The Balaban J connectivity index is 8.38. The fourth-order valence-corrected chi connectivity index (χ4v) is 2.44. The van der Waals surface area contributed by atoms with Gasteiger partial charge < -0.3 is 0 Å². The lowest BCUT2D eigenvalue weighted by molar-refractivity contribution is -0.461. The third kappa shape index (κ3) is 4.83. The van der Waals surface area contributed by atoms with Gasteiger partial charge in [-0.1, -0.05) is 0 Å². The molecule has 0 aliphatic rings. The van der Waals surface area contributed by atoms with E-state index in [0.29, 0.717) is 0 Å². The van der Waals surface area contributed by atoms with E-state index in [0.717, 1.165) is 0 Å². The van der Waals surface area contributed by atoms with Gasteiger partial charge in [-0.05, 0) is 0 Å². The molecule has 0 rings (SSSR count). The molecule has 36 heavy (non-hydrogen) atoms. The Bertz CT molecular complexity index is 801. The average Bonchev–Trinajstić information content (AvgIpc) is 2.50. The summed E-state index contributed by atoms with van der Waals surface area (Å²) in [6, 6.07) is 0. The highest BCUT2D eigenvalue weighted by Gasteiger charge is 2.99. The highest BCUT2D eigenvalue weighted by Crippen LogP contribution is 2.68. The van der Waals surface area contributed by atoms with Crippen LogP contribution in [0.2, 0.25) is 0 Å². The Hall–Kier alpha value is -1.94. The lowest BCUT2D eigenvalue weighted by Gasteiger charge is -2.47. The SMILES string of the molecule is FC(F)(F)C(=C(C(F)(F)F)C(F)(F)C(F)(F)C(F)(C(F)(F)F)C(F)(C(F)(F)F)C(F)(F)F)C(F)(F)F. The largest absolute Gasteiger partial charge is 0.435 e. The smallest absolute Gasteiger partial charge is 0.222 e. The Morgan fingerprint density at radius 2 is 0.500 bits per heavy atom. The van der Waals surface area contributed by atoms with Crippen LogP contribution in [0.4, 0.5) is 105 Å². The summed E-state index contributed by atoms with van der Waals surface area (Å²) >= 11 is 0. The summed E-state index contributed by atoms with van der Waals surface area (Å²) in [5, 5.41) is 0. The molecular formula is C12F24. The van der Waals surface area contributed by atoms with Crippen molar-refractivity contribution in [3.05, 3.63) is 11.1 Å². The molecular weight excluding hydrogens is 600 g/mol. The van der Waals surface area contributed by atoms with Gasteiger partial charge in [0.2, 0.25) is 0 Å². The van der Waals surface area contributed by atoms with Crippen LogP contribution in [0.1, 0.15) is 0 Å². The minimum absolute atomic E-state index is 5.94. The van der Waals surface area contributed by atoms with Crippen molar-refractivity contribution in [3.63, 3.8) is 0 Å². The summed E-state index contributed by atoms with van der Waals surface area (Å²) in [6.45, 7) is 0. The third-order valence-corrected chi connectivity index (χ3v) is 3.89. The predicted molar refractivity (Wildman–Crippen MR) is 60.9 cm³/mol. The van der Waals surface area contributed by atoms with Crippen molar-refractivity contribution in [2.24, 2.45) is 0 Å².